The Morgan fingerprint density at radius 3 is 2.55 bits per heavy atom. The van der Waals surface area contributed by atoms with Gasteiger partial charge in [0.2, 0.25) is 0 Å². The fraction of sp³-hybridized carbons (Fsp3) is 0.200. The third kappa shape index (κ3) is 3.26. The Hall–Kier alpha value is -2.56. The van der Waals surface area contributed by atoms with Crippen molar-refractivity contribution in [3.8, 4) is 0 Å². The molecule has 1 aromatic carbocycles. The van der Waals surface area contributed by atoms with Crippen molar-refractivity contribution in [2.24, 2.45) is 0 Å². The van der Waals surface area contributed by atoms with Crippen LogP contribution in [0, 0.1) is 0 Å². The van der Waals surface area contributed by atoms with Crippen LogP contribution in [0.25, 0.3) is 0 Å². The van der Waals surface area contributed by atoms with Crippen molar-refractivity contribution in [3.05, 3.63) is 48.7 Å². The molecule has 1 heterocycles. The molecule has 0 aliphatic heterocycles. The largest absolute Gasteiger partial charge is 0.453 e. The van der Waals surface area contributed by atoms with Gasteiger partial charge in [0.1, 0.15) is 5.82 Å². The van der Waals surface area contributed by atoms with Crippen LogP contribution in [0.3, 0.4) is 0 Å². The molecule has 0 bridgehead atoms. The first-order chi connectivity index (χ1) is 9.74. The van der Waals surface area contributed by atoms with E-state index in [1.807, 2.05) is 36.4 Å². The van der Waals surface area contributed by atoms with Crippen LogP contribution in [0.5, 0.6) is 0 Å². The maximum atomic E-state index is 11.1. The van der Waals surface area contributed by atoms with Gasteiger partial charge in [-0.3, -0.25) is 5.32 Å². The molecule has 0 aliphatic rings. The Morgan fingerprint density at radius 2 is 2.00 bits per heavy atom. The van der Waals surface area contributed by atoms with Gasteiger partial charge in [-0.1, -0.05) is 18.2 Å². The summed E-state index contributed by atoms with van der Waals surface area (Å²) in [6.45, 7) is 2.87. The lowest BCUT2D eigenvalue weighted by Gasteiger charge is -2.22. The van der Waals surface area contributed by atoms with Crippen LogP contribution in [-0.2, 0) is 4.74 Å². The molecule has 20 heavy (non-hydrogen) atoms. The topological polar surface area (TPSA) is 54.5 Å². The average molecular weight is 271 g/mol. The number of anilines is 3. The molecular weight excluding hydrogens is 254 g/mol. The second-order valence-electron chi connectivity index (χ2n) is 4.10. The number of carbonyl (C=O) groups is 1. The highest BCUT2D eigenvalue weighted by atomic mass is 16.5. The first-order valence-corrected chi connectivity index (χ1v) is 6.38. The lowest BCUT2D eigenvalue weighted by molar-refractivity contribution is 0.187. The van der Waals surface area contributed by atoms with E-state index in [0.29, 0.717) is 5.69 Å². The number of hydrogen-bond acceptors (Lipinski definition) is 4. The molecule has 0 atom stereocenters. The van der Waals surface area contributed by atoms with E-state index in [0.717, 1.165) is 18.1 Å². The number of carbonyl (C=O) groups excluding carboxylic acids is 1. The predicted molar refractivity (Wildman–Crippen MR) is 79.4 cm³/mol. The number of rotatable bonds is 4. The minimum Gasteiger partial charge on any atom is -0.453 e. The van der Waals surface area contributed by atoms with Crippen LogP contribution in [0.1, 0.15) is 6.92 Å². The van der Waals surface area contributed by atoms with Crippen LogP contribution in [0.15, 0.2) is 48.7 Å². The molecule has 2 aromatic rings. The van der Waals surface area contributed by atoms with Crippen molar-refractivity contribution in [2.75, 3.05) is 23.9 Å². The smallest absolute Gasteiger partial charge is 0.411 e. The van der Waals surface area contributed by atoms with E-state index >= 15 is 0 Å². The van der Waals surface area contributed by atoms with Crippen LogP contribution >= 0.6 is 0 Å². The van der Waals surface area contributed by atoms with Crippen LogP contribution in [-0.4, -0.2) is 24.7 Å². The first kappa shape index (κ1) is 13.9. The number of amides is 1. The predicted octanol–water partition coefficient (Wildman–Crippen LogP) is 3.42. The van der Waals surface area contributed by atoms with Gasteiger partial charge in [-0.05, 0) is 31.2 Å². The molecule has 2 rings (SSSR count). The molecule has 0 spiro atoms. The zero-order chi connectivity index (χ0) is 14.4. The number of ether oxygens (including phenoxy) is 1. The van der Waals surface area contributed by atoms with E-state index in [1.54, 1.807) is 12.3 Å². The highest BCUT2D eigenvalue weighted by Crippen LogP contribution is 2.23. The second-order valence-corrected chi connectivity index (χ2v) is 4.10. The van der Waals surface area contributed by atoms with Crippen LogP contribution in [0.4, 0.5) is 22.0 Å². The molecule has 104 valence electrons. The van der Waals surface area contributed by atoms with E-state index in [2.05, 4.69) is 26.9 Å². The van der Waals surface area contributed by atoms with E-state index < -0.39 is 6.09 Å². The van der Waals surface area contributed by atoms with Gasteiger partial charge in [0.15, 0.2) is 0 Å². The van der Waals surface area contributed by atoms with Gasteiger partial charge in [-0.25, -0.2) is 9.78 Å². The Bertz CT molecular complexity index is 555. The Kier molecular flexibility index (Phi) is 4.55. The summed E-state index contributed by atoms with van der Waals surface area (Å²) in [6.07, 6.45) is 1.10. The SMILES string of the molecule is CCN(c1ccccc1)c1ccc(NC(=O)OC)cn1. The minimum absolute atomic E-state index is 0.505. The van der Waals surface area contributed by atoms with Gasteiger partial charge in [0.05, 0.1) is 19.0 Å². The lowest BCUT2D eigenvalue weighted by Crippen LogP contribution is -2.17. The number of nitrogens with one attached hydrogen (secondary N) is 1. The maximum absolute atomic E-state index is 11.1. The summed E-state index contributed by atoms with van der Waals surface area (Å²) in [5.74, 6) is 0.828. The van der Waals surface area contributed by atoms with Gasteiger partial charge >= 0.3 is 6.09 Å². The molecule has 1 aromatic heterocycles. The molecule has 5 heteroatoms. The summed E-state index contributed by atoms with van der Waals surface area (Å²) in [5.41, 5.74) is 1.68. The van der Waals surface area contributed by atoms with Crippen molar-refractivity contribution < 1.29 is 9.53 Å². The third-order valence-electron chi connectivity index (χ3n) is 2.84. The molecule has 0 fully saturated rings. The summed E-state index contributed by atoms with van der Waals surface area (Å²) in [7, 11) is 1.32. The van der Waals surface area contributed by atoms with E-state index in [1.165, 1.54) is 7.11 Å². The number of hydrogen-bond donors (Lipinski definition) is 1. The average Bonchev–Trinajstić information content (AvgIpc) is 2.50. The first-order valence-electron chi connectivity index (χ1n) is 6.38. The Labute approximate surface area is 118 Å². The maximum Gasteiger partial charge on any atom is 0.411 e. The molecule has 0 aliphatic carbocycles. The number of para-hydroxylation sites is 1. The monoisotopic (exact) mass is 271 g/mol. The van der Waals surface area contributed by atoms with Gasteiger partial charge in [-0.2, -0.15) is 0 Å². The highest BCUT2D eigenvalue weighted by molar-refractivity contribution is 5.84. The Balaban J connectivity index is 2.18. The van der Waals surface area contributed by atoms with Crippen molar-refractivity contribution in [1.82, 2.24) is 4.98 Å². The minimum atomic E-state index is -0.505. The molecule has 1 N–H and O–H groups in total. The highest BCUT2D eigenvalue weighted by Gasteiger charge is 2.08. The molecule has 0 radical (unpaired) electrons. The zero-order valence-electron chi connectivity index (χ0n) is 11.5. The van der Waals surface area contributed by atoms with Crippen molar-refractivity contribution >= 4 is 23.3 Å². The molecule has 0 saturated heterocycles. The number of aromatic nitrogens is 1. The summed E-state index contributed by atoms with van der Waals surface area (Å²) >= 11 is 0. The van der Waals surface area contributed by atoms with Crippen molar-refractivity contribution in [3.63, 3.8) is 0 Å². The fourth-order valence-electron chi connectivity index (χ4n) is 1.87. The summed E-state index contributed by atoms with van der Waals surface area (Å²) in [4.78, 5) is 17.6. The molecular formula is C15H17N3O2. The number of benzene rings is 1. The second kappa shape index (κ2) is 6.56. The van der Waals surface area contributed by atoms with Gasteiger partial charge in [0, 0.05) is 12.2 Å². The van der Waals surface area contributed by atoms with Gasteiger partial charge in [0.25, 0.3) is 0 Å². The number of nitrogens with zero attached hydrogens (tertiary/aromatic N) is 2. The summed E-state index contributed by atoms with van der Waals surface area (Å²) in [6, 6.07) is 13.7. The molecule has 5 nitrogen and oxygen atoms in total. The molecule has 1 amide bonds. The summed E-state index contributed by atoms with van der Waals surface area (Å²) in [5, 5.41) is 2.57. The Morgan fingerprint density at radius 1 is 1.25 bits per heavy atom. The van der Waals surface area contributed by atoms with Gasteiger partial charge < -0.3 is 9.64 Å². The van der Waals surface area contributed by atoms with Crippen molar-refractivity contribution in [1.29, 1.82) is 0 Å². The quantitative estimate of drug-likeness (QED) is 0.925. The van der Waals surface area contributed by atoms with Crippen LogP contribution < -0.4 is 10.2 Å². The summed E-state index contributed by atoms with van der Waals surface area (Å²) < 4.78 is 4.53. The normalized spacial score (nSPS) is 9.90. The van der Waals surface area contributed by atoms with Crippen molar-refractivity contribution in [2.45, 2.75) is 6.92 Å². The van der Waals surface area contributed by atoms with E-state index in [4.69, 9.17) is 0 Å². The van der Waals surface area contributed by atoms with Crippen LogP contribution in [0.2, 0.25) is 0 Å². The number of pyridine rings is 1. The standard InChI is InChI=1S/C15H17N3O2/c1-3-18(13-7-5-4-6-8-13)14-10-9-12(11-16-14)17-15(19)20-2/h4-11H,3H2,1-2H3,(H,17,19). The zero-order valence-corrected chi connectivity index (χ0v) is 11.5. The number of methoxy groups -OCH3 is 1. The molecule has 0 saturated carbocycles. The molecule has 0 unspecified atom stereocenters. The lowest BCUT2D eigenvalue weighted by atomic mass is 10.2. The van der Waals surface area contributed by atoms with Gasteiger partial charge in [-0.15, -0.1) is 0 Å². The van der Waals surface area contributed by atoms with E-state index in [-0.39, 0.29) is 0 Å². The third-order valence-corrected chi connectivity index (χ3v) is 2.84. The van der Waals surface area contributed by atoms with E-state index in [9.17, 15) is 4.79 Å². The fourth-order valence-corrected chi connectivity index (χ4v) is 1.87.